The molecule has 0 saturated carbocycles. The molecule has 2 aromatic carbocycles. The van der Waals surface area contributed by atoms with E-state index in [0.29, 0.717) is 17.4 Å². The number of halogens is 5. The van der Waals surface area contributed by atoms with Gasteiger partial charge in [0.05, 0.1) is 30.7 Å². The molecule has 0 aromatic heterocycles. The van der Waals surface area contributed by atoms with Gasteiger partial charge in [-0.15, -0.1) is 0 Å². The lowest BCUT2D eigenvalue weighted by molar-refractivity contribution is -0.136. The fourth-order valence-corrected chi connectivity index (χ4v) is 3.76. The second-order valence-electron chi connectivity index (χ2n) is 6.45. The molecule has 0 aliphatic carbocycles. The predicted octanol–water partition coefficient (Wildman–Crippen LogP) is 3.21. The first-order valence-electron chi connectivity index (χ1n) is 8.97. The van der Waals surface area contributed by atoms with Crippen LogP contribution in [0.1, 0.15) is 0 Å². The number of hydrogen-bond acceptors (Lipinski definition) is 6. The molecule has 0 radical (unpaired) electrons. The van der Waals surface area contributed by atoms with Crippen molar-refractivity contribution in [2.45, 2.75) is 9.79 Å². The molecular formula is C20H15F5N2O4S. The summed E-state index contributed by atoms with van der Waals surface area (Å²) in [4.78, 5) is 24.8. The Morgan fingerprint density at radius 2 is 1.62 bits per heavy atom. The average molecular weight is 474 g/mol. The summed E-state index contributed by atoms with van der Waals surface area (Å²) in [6.07, 6.45) is 0. The lowest BCUT2D eigenvalue weighted by atomic mass is 10.2. The summed E-state index contributed by atoms with van der Waals surface area (Å²) >= 11 is 0.332. The normalized spacial score (nSPS) is 13.7. The maximum absolute atomic E-state index is 13.9. The Balaban J connectivity index is 1.84. The number of hydrogen-bond donors (Lipinski definition) is 2. The number of aliphatic hydroxyl groups excluding tert-OH is 1. The highest BCUT2D eigenvalue weighted by atomic mass is 32.2. The van der Waals surface area contributed by atoms with Crippen LogP contribution >= 0.6 is 11.8 Å². The number of rotatable bonds is 7. The fourth-order valence-electron chi connectivity index (χ4n) is 2.89. The molecule has 170 valence electrons. The number of β-amino-alcohol motifs (C(OH)–C–C–N with tert-alkyl or cyclic N) is 1. The standard InChI is InChI=1S/C20H15F5N2O4S/c1-31-20(30)11-8-27(6-7-28)19(29)17(11)26-9-2-4-10(5-3-9)32-18-15(24)13(22)12(21)14(23)16(18)25/h2-5,26,28H,6-8H2,1H3. The maximum Gasteiger partial charge on any atom is 0.337 e. The highest BCUT2D eigenvalue weighted by Crippen LogP contribution is 2.36. The molecule has 2 N–H and O–H groups in total. The minimum absolute atomic E-state index is 0.00199. The Morgan fingerprint density at radius 1 is 1.06 bits per heavy atom. The molecular weight excluding hydrogens is 459 g/mol. The van der Waals surface area contributed by atoms with Gasteiger partial charge in [-0.2, -0.15) is 0 Å². The zero-order chi connectivity index (χ0) is 23.6. The quantitative estimate of drug-likeness (QED) is 0.278. The maximum atomic E-state index is 13.9. The molecule has 3 rings (SSSR count). The van der Waals surface area contributed by atoms with E-state index in [-0.39, 0.29) is 35.9 Å². The van der Waals surface area contributed by atoms with Crippen LogP contribution < -0.4 is 5.32 Å². The largest absolute Gasteiger partial charge is 0.466 e. The monoisotopic (exact) mass is 474 g/mol. The van der Waals surface area contributed by atoms with Crippen molar-refractivity contribution in [1.82, 2.24) is 4.90 Å². The van der Waals surface area contributed by atoms with Crippen LogP contribution in [0.25, 0.3) is 0 Å². The van der Waals surface area contributed by atoms with E-state index in [4.69, 9.17) is 5.11 Å². The summed E-state index contributed by atoms with van der Waals surface area (Å²) in [7, 11) is 1.15. The van der Waals surface area contributed by atoms with E-state index in [9.17, 15) is 31.5 Å². The Labute approximate surface area is 182 Å². The van der Waals surface area contributed by atoms with E-state index in [0.717, 1.165) is 7.11 Å². The van der Waals surface area contributed by atoms with E-state index < -0.39 is 45.9 Å². The summed E-state index contributed by atoms with van der Waals surface area (Å²) < 4.78 is 72.3. The van der Waals surface area contributed by atoms with Gasteiger partial charge in [-0.3, -0.25) is 4.79 Å². The third-order valence-corrected chi connectivity index (χ3v) is 5.54. The molecule has 0 bridgehead atoms. The third-order valence-electron chi connectivity index (χ3n) is 4.47. The minimum atomic E-state index is -2.24. The summed E-state index contributed by atoms with van der Waals surface area (Å²) in [5, 5.41) is 11.8. The van der Waals surface area contributed by atoms with E-state index >= 15 is 0 Å². The zero-order valence-electron chi connectivity index (χ0n) is 16.3. The van der Waals surface area contributed by atoms with Crippen molar-refractivity contribution in [2.75, 3.05) is 32.1 Å². The number of carbonyl (C=O) groups excluding carboxylic acids is 2. The van der Waals surface area contributed by atoms with Crippen LogP contribution in [-0.2, 0) is 14.3 Å². The van der Waals surface area contributed by atoms with Gasteiger partial charge in [0, 0.05) is 17.1 Å². The molecule has 1 heterocycles. The van der Waals surface area contributed by atoms with E-state index in [1.807, 2.05) is 0 Å². The first kappa shape index (κ1) is 23.5. The number of ether oxygens (including phenoxy) is 1. The van der Waals surface area contributed by atoms with Gasteiger partial charge in [-0.25, -0.2) is 26.7 Å². The Hall–Kier alpha value is -3.12. The van der Waals surface area contributed by atoms with Crippen molar-refractivity contribution in [1.29, 1.82) is 0 Å². The van der Waals surface area contributed by atoms with Crippen molar-refractivity contribution in [3.8, 4) is 0 Å². The van der Waals surface area contributed by atoms with Crippen LogP contribution in [0.5, 0.6) is 0 Å². The second kappa shape index (κ2) is 9.57. The number of esters is 1. The van der Waals surface area contributed by atoms with Crippen LogP contribution in [-0.4, -0.2) is 48.7 Å². The third kappa shape index (κ3) is 4.41. The lowest BCUT2D eigenvalue weighted by Crippen LogP contribution is -2.31. The molecule has 32 heavy (non-hydrogen) atoms. The Kier molecular flexibility index (Phi) is 7.04. The first-order chi connectivity index (χ1) is 15.2. The van der Waals surface area contributed by atoms with Gasteiger partial charge in [0.1, 0.15) is 5.70 Å². The molecule has 0 spiro atoms. The number of nitrogens with zero attached hydrogens (tertiary/aromatic N) is 1. The van der Waals surface area contributed by atoms with Crippen LogP contribution in [0.15, 0.2) is 45.3 Å². The Bertz CT molecular complexity index is 1080. The molecule has 0 saturated heterocycles. The van der Waals surface area contributed by atoms with Crippen molar-refractivity contribution in [3.05, 3.63) is 64.6 Å². The van der Waals surface area contributed by atoms with Crippen molar-refractivity contribution in [3.63, 3.8) is 0 Å². The van der Waals surface area contributed by atoms with E-state index in [1.54, 1.807) is 0 Å². The van der Waals surface area contributed by atoms with Crippen LogP contribution in [0.3, 0.4) is 0 Å². The summed E-state index contributed by atoms with van der Waals surface area (Å²) in [5.74, 6) is -11.5. The van der Waals surface area contributed by atoms with Crippen molar-refractivity contribution >= 4 is 29.3 Å². The van der Waals surface area contributed by atoms with Gasteiger partial charge >= 0.3 is 5.97 Å². The molecule has 1 aliphatic heterocycles. The average Bonchev–Trinajstić information content (AvgIpc) is 3.10. The number of methoxy groups -OCH3 is 1. The number of benzene rings is 2. The summed E-state index contributed by atoms with van der Waals surface area (Å²) in [6.45, 7) is -0.373. The number of aliphatic hydroxyl groups is 1. The molecule has 2 aromatic rings. The number of carbonyl (C=O) groups is 2. The number of nitrogens with one attached hydrogen (secondary N) is 1. The summed E-state index contributed by atoms with van der Waals surface area (Å²) in [5.41, 5.74) is 0.290. The lowest BCUT2D eigenvalue weighted by Gasteiger charge is -2.15. The minimum Gasteiger partial charge on any atom is -0.466 e. The molecule has 0 fully saturated rings. The molecule has 0 atom stereocenters. The molecule has 12 heteroatoms. The Morgan fingerprint density at radius 3 is 2.16 bits per heavy atom. The SMILES string of the molecule is COC(=O)C1=C(Nc2ccc(Sc3c(F)c(F)c(F)c(F)c3F)cc2)C(=O)N(CCO)C1. The predicted molar refractivity (Wildman–Crippen MR) is 103 cm³/mol. The van der Waals surface area contributed by atoms with Gasteiger partial charge in [-0.05, 0) is 24.3 Å². The van der Waals surface area contributed by atoms with Gasteiger partial charge in [0.25, 0.3) is 5.91 Å². The molecule has 1 amide bonds. The number of amides is 1. The van der Waals surface area contributed by atoms with Crippen molar-refractivity contribution < 1.29 is 41.4 Å². The fraction of sp³-hybridized carbons (Fsp3) is 0.200. The number of anilines is 1. The highest BCUT2D eigenvalue weighted by Gasteiger charge is 2.34. The second-order valence-corrected chi connectivity index (χ2v) is 7.53. The van der Waals surface area contributed by atoms with Crippen molar-refractivity contribution in [2.24, 2.45) is 0 Å². The molecule has 0 unspecified atom stereocenters. The first-order valence-corrected chi connectivity index (χ1v) is 9.79. The topological polar surface area (TPSA) is 78.9 Å². The van der Waals surface area contributed by atoms with Crippen LogP contribution in [0.2, 0.25) is 0 Å². The smallest absolute Gasteiger partial charge is 0.337 e. The van der Waals surface area contributed by atoms with Gasteiger partial charge in [0.2, 0.25) is 5.82 Å². The van der Waals surface area contributed by atoms with Gasteiger partial charge < -0.3 is 20.1 Å². The van der Waals surface area contributed by atoms with Crippen LogP contribution in [0.4, 0.5) is 27.6 Å². The van der Waals surface area contributed by atoms with Crippen LogP contribution in [0, 0.1) is 29.1 Å². The summed E-state index contributed by atoms with van der Waals surface area (Å²) in [6, 6.07) is 5.43. The molecule has 1 aliphatic rings. The molecule has 6 nitrogen and oxygen atoms in total. The van der Waals surface area contributed by atoms with Gasteiger partial charge in [0.15, 0.2) is 23.3 Å². The van der Waals surface area contributed by atoms with Gasteiger partial charge in [-0.1, -0.05) is 11.8 Å². The highest BCUT2D eigenvalue weighted by molar-refractivity contribution is 7.99. The van der Waals surface area contributed by atoms with E-state index in [2.05, 4.69) is 10.1 Å². The van der Waals surface area contributed by atoms with E-state index in [1.165, 1.54) is 29.2 Å². The zero-order valence-corrected chi connectivity index (χ0v) is 17.2.